The molecule has 0 bridgehead atoms. The van der Waals surface area contributed by atoms with Gasteiger partial charge in [-0.25, -0.2) is 0 Å². The van der Waals surface area contributed by atoms with Crippen molar-refractivity contribution in [2.45, 2.75) is 64.2 Å². The third-order valence-corrected chi connectivity index (χ3v) is 11.4. The predicted octanol–water partition coefficient (Wildman–Crippen LogP) is 4.08. The number of amides is 1. The summed E-state index contributed by atoms with van der Waals surface area (Å²) < 4.78 is 0. The zero-order valence-corrected chi connectivity index (χ0v) is 14.7. The number of carbonyl (C=O) groups is 1. The van der Waals surface area contributed by atoms with Crippen LogP contribution in [0.2, 0.25) is 18.1 Å². The van der Waals surface area contributed by atoms with Crippen LogP contribution in [0.15, 0.2) is 10.9 Å². The third-order valence-electron chi connectivity index (χ3n) is 5.16. The van der Waals surface area contributed by atoms with Crippen molar-refractivity contribution in [1.82, 2.24) is 4.90 Å². The molecule has 0 N–H and O–H groups in total. The van der Waals surface area contributed by atoms with Gasteiger partial charge in [0.2, 0.25) is 5.91 Å². The zero-order valence-electron chi connectivity index (χ0n) is 12.1. The Morgan fingerprint density at radius 1 is 1.39 bits per heavy atom. The van der Waals surface area contributed by atoms with Gasteiger partial charge in [-0.2, -0.15) is 0 Å². The maximum atomic E-state index is 12.0. The van der Waals surface area contributed by atoms with Crippen LogP contribution in [0.5, 0.6) is 0 Å². The summed E-state index contributed by atoms with van der Waals surface area (Å²) in [4.78, 5) is 14.1. The highest BCUT2D eigenvalue weighted by Gasteiger charge is 2.48. The lowest BCUT2D eigenvalue weighted by molar-refractivity contribution is -0.126. The van der Waals surface area contributed by atoms with E-state index in [1.54, 1.807) is 5.20 Å². The van der Waals surface area contributed by atoms with Crippen LogP contribution in [-0.2, 0) is 4.79 Å². The van der Waals surface area contributed by atoms with Gasteiger partial charge in [0, 0.05) is 23.5 Å². The molecule has 0 aromatic carbocycles. The second-order valence-corrected chi connectivity index (χ2v) is 13.0. The lowest BCUT2D eigenvalue weighted by atomic mass is 10.2. The normalized spacial score (nSPS) is 25.1. The molecule has 0 spiro atoms. The molecular weight excluding hydrogens is 306 g/mol. The first-order chi connectivity index (χ1) is 8.20. The molecule has 2 nitrogen and oxygen atoms in total. The van der Waals surface area contributed by atoms with Gasteiger partial charge in [-0.3, -0.25) is 4.79 Å². The van der Waals surface area contributed by atoms with Crippen LogP contribution in [0.1, 0.15) is 40.0 Å². The van der Waals surface area contributed by atoms with Crippen LogP contribution in [0.25, 0.3) is 0 Å². The van der Waals surface area contributed by atoms with E-state index in [1.165, 1.54) is 5.70 Å². The average Bonchev–Trinajstić information content (AvgIpc) is 2.77. The highest BCUT2D eigenvalue weighted by molar-refractivity contribution is 9.09. The summed E-state index contributed by atoms with van der Waals surface area (Å²) >= 11 is 3.61. The summed E-state index contributed by atoms with van der Waals surface area (Å²) in [5, 5.41) is 2.79. The van der Waals surface area contributed by atoms with Gasteiger partial charge in [0.25, 0.3) is 0 Å². The first kappa shape index (κ1) is 14.3. The molecule has 1 saturated heterocycles. The molecule has 4 heteroatoms. The Balaban J connectivity index is 2.44. The summed E-state index contributed by atoms with van der Waals surface area (Å²) in [6.07, 6.45) is 2.92. The quantitative estimate of drug-likeness (QED) is 0.552. The Hall–Kier alpha value is -0.0931. The third kappa shape index (κ3) is 2.01. The summed E-state index contributed by atoms with van der Waals surface area (Å²) in [7, 11) is -1.50. The molecule has 1 amide bonds. The Morgan fingerprint density at radius 2 is 2.00 bits per heavy atom. The number of carbonyl (C=O) groups excluding carboxylic acids is 1. The smallest absolute Gasteiger partial charge is 0.227 e. The van der Waals surface area contributed by atoms with Gasteiger partial charge in [-0.15, -0.1) is 0 Å². The molecule has 0 radical (unpaired) electrons. The minimum Gasteiger partial charge on any atom is -0.312 e. The number of hydrogen-bond donors (Lipinski definition) is 0. The minimum atomic E-state index is -1.50. The van der Waals surface area contributed by atoms with Crippen molar-refractivity contribution in [2.24, 2.45) is 0 Å². The van der Waals surface area contributed by atoms with E-state index in [2.05, 4.69) is 54.7 Å². The number of fused-ring (bicyclic) bond motifs is 1. The summed E-state index contributed by atoms with van der Waals surface area (Å²) in [5.41, 5.74) is 1.30. The standard InChI is InChI=1S/C14H24BrNOSi/c1-14(2,3)18(4,5)12-8-10-6-7-13(17)16(10)11(12)9-15/h10H,6-9H2,1-5H3. The highest BCUT2D eigenvalue weighted by atomic mass is 79.9. The Kier molecular flexibility index (Phi) is 3.56. The van der Waals surface area contributed by atoms with Crippen LogP contribution in [0.4, 0.5) is 0 Å². The molecule has 0 saturated carbocycles. The number of halogens is 1. The van der Waals surface area contributed by atoms with Crippen molar-refractivity contribution in [3.8, 4) is 0 Å². The monoisotopic (exact) mass is 329 g/mol. The maximum absolute atomic E-state index is 12.0. The molecule has 0 aliphatic carbocycles. The van der Waals surface area contributed by atoms with Crippen molar-refractivity contribution in [3.63, 3.8) is 0 Å². The highest BCUT2D eigenvalue weighted by Crippen LogP contribution is 2.48. The van der Waals surface area contributed by atoms with Gasteiger partial charge >= 0.3 is 0 Å². The van der Waals surface area contributed by atoms with E-state index in [0.29, 0.717) is 17.0 Å². The van der Waals surface area contributed by atoms with E-state index in [9.17, 15) is 4.79 Å². The topological polar surface area (TPSA) is 20.3 Å². The first-order valence-electron chi connectivity index (χ1n) is 6.80. The van der Waals surface area contributed by atoms with E-state index in [0.717, 1.165) is 24.6 Å². The number of nitrogens with zero attached hydrogens (tertiary/aromatic N) is 1. The van der Waals surface area contributed by atoms with E-state index in [-0.39, 0.29) is 0 Å². The summed E-state index contributed by atoms with van der Waals surface area (Å²) in [6.45, 7) is 12.0. The van der Waals surface area contributed by atoms with Crippen molar-refractivity contribution >= 4 is 29.9 Å². The fourth-order valence-corrected chi connectivity index (χ4v) is 6.47. The molecular formula is C14H24BrNOSi. The predicted molar refractivity (Wildman–Crippen MR) is 82.5 cm³/mol. The van der Waals surface area contributed by atoms with E-state index in [4.69, 9.17) is 0 Å². The fourth-order valence-electron chi connectivity index (χ4n) is 3.02. The summed E-state index contributed by atoms with van der Waals surface area (Å²) in [6, 6.07) is 0.467. The minimum absolute atomic E-state index is 0.336. The van der Waals surface area contributed by atoms with Gasteiger partial charge in [-0.1, -0.05) is 55.0 Å². The molecule has 1 unspecified atom stereocenters. The first-order valence-corrected chi connectivity index (χ1v) is 10.9. The van der Waals surface area contributed by atoms with E-state index in [1.807, 2.05) is 0 Å². The molecule has 2 aliphatic heterocycles. The lowest BCUT2D eigenvalue weighted by Gasteiger charge is -2.39. The van der Waals surface area contributed by atoms with Crippen LogP contribution in [0.3, 0.4) is 0 Å². The van der Waals surface area contributed by atoms with Crippen molar-refractivity contribution in [1.29, 1.82) is 0 Å². The molecule has 1 fully saturated rings. The zero-order chi connectivity index (χ0) is 13.7. The lowest BCUT2D eigenvalue weighted by Crippen LogP contribution is -2.40. The van der Waals surface area contributed by atoms with Crippen LogP contribution < -0.4 is 0 Å². The van der Waals surface area contributed by atoms with Crippen LogP contribution in [0, 0.1) is 0 Å². The van der Waals surface area contributed by atoms with E-state index < -0.39 is 8.07 Å². The van der Waals surface area contributed by atoms with Crippen molar-refractivity contribution in [3.05, 3.63) is 10.9 Å². The average molecular weight is 330 g/mol. The molecule has 0 aromatic rings. The number of allylic oxidation sites excluding steroid dienone is 1. The Bertz CT molecular complexity index is 409. The van der Waals surface area contributed by atoms with Gasteiger partial charge < -0.3 is 4.90 Å². The number of alkyl halides is 1. The van der Waals surface area contributed by atoms with Crippen molar-refractivity contribution in [2.75, 3.05) is 5.33 Å². The van der Waals surface area contributed by atoms with Crippen molar-refractivity contribution < 1.29 is 4.79 Å². The number of rotatable bonds is 2. The molecule has 2 aliphatic rings. The molecule has 1 atom stereocenters. The van der Waals surface area contributed by atoms with Crippen LogP contribution >= 0.6 is 15.9 Å². The van der Waals surface area contributed by atoms with E-state index >= 15 is 0 Å². The van der Waals surface area contributed by atoms with Crippen LogP contribution in [-0.4, -0.2) is 30.3 Å². The molecule has 18 heavy (non-hydrogen) atoms. The maximum Gasteiger partial charge on any atom is 0.227 e. The molecule has 0 aromatic heterocycles. The molecule has 102 valence electrons. The Labute approximate surface area is 120 Å². The van der Waals surface area contributed by atoms with Gasteiger partial charge in [0.15, 0.2) is 0 Å². The molecule has 2 heterocycles. The van der Waals surface area contributed by atoms with Gasteiger partial charge in [-0.05, 0) is 17.9 Å². The second-order valence-electron chi connectivity index (χ2n) is 7.09. The Morgan fingerprint density at radius 3 is 2.50 bits per heavy atom. The second kappa shape index (κ2) is 4.48. The fraction of sp³-hybridized carbons (Fsp3) is 0.786. The van der Waals surface area contributed by atoms with Gasteiger partial charge in [0.1, 0.15) is 0 Å². The molecule has 2 rings (SSSR count). The summed E-state index contributed by atoms with van der Waals surface area (Å²) in [5.74, 6) is 0.336. The largest absolute Gasteiger partial charge is 0.312 e. The number of hydrogen-bond acceptors (Lipinski definition) is 1. The SMILES string of the molecule is CC(C)(C)[Si](C)(C)C1=C(CBr)N2C(=O)CCC2C1. The van der Waals surface area contributed by atoms with Gasteiger partial charge in [0.05, 0.1) is 8.07 Å².